The van der Waals surface area contributed by atoms with Crippen LogP contribution in [0.3, 0.4) is 0 Å². The number of ether oxygens (including phenoxy) is 1. The van der Waals surface area contributed by atoms with Crippen molar-refractivity contribution in [3.8, 4) is 5.75 Å². The van der Waals surface area contributed by atoms with Crippen LogP contribution >= 0.6 is 0 Å². The number of hydrogen-bond acceptors (Lipinski definition) is 5. The molecule has 1 heterocycles. The smallest absolute Gasteiger partial charge is 0.336 e. The van der Waals surface area contributed by atoms with Gasteiger partial charge in [0, 0.05) is 30.0 Å². The molecule has 0 fully saturated rings. The minimum absolute atomic E-state index is 0.0764. The molecule has 2 amide bonds. The molecular weight excluding hydrogens is 398 g/mol. The minimum atomic E-state index is -1.15. The van der Waals surface area contributed by atoms with Crippen molar-refractivity contribution in [2.24, 2.45) is 5.73 Å². The van der Waals surface area contributed by atoms with Gasteiger partial charge in [-0.1, -0.05) is 0 Å². The molecule has 0 aliphatic rings. The Morgan fingerprint density at radius 1 is 1.13 bits per heavy atom. The largest absolute Gasteiger partial charge is 0.497 e. The second-order valence-corrected chi connectivity index (χ2v) is 6.63. The number of nitrogens with one attached hydrogen (secondary N) is 1. The zero-order valence-electron chi connectivity index (χ0n) is 15.9. The van der Waals surface area contributed by atoms with Crippen LogP contribution in [0.5, 0.6) is 5.75 Å². The zero-order chi connectivity index (χ0) is 21.8. The van der Waals surface area contributed by atoms with Gasteiger partial charge in [0.15, 0.2) is 0 Å². The molecule has 9 heteroatoms. The van der Waals surface area contributed by atoms with Gasteiger partial charge in [0.2, 0.25) is 11.8 Å². The number of rotatable bonds is 7. The van der Waals surface area contributed by atoms with Gasteiger partial charge in [0.25, 0.3) is 0 Å². The van der Waals surface area contributed by atoms with E-state index in [4.69, 9.17) is 14.9 Å². The van der Waals surface area contributed by atoms with Gasteiger partial charge in [-0.3, -0.25) is 9.59 Å². The lowest BCUT2D eigenvalue weighted by Crippen LogP contribution is -2.46. The molecule has 3 N–H and O–H groups in total. The molecular formula is C21H18F2N2O5. The molecule has 0 saturated heterocycles. The first-order chi connectivity index (χ1) is 14.2. The Balaban J connectivity index is 1.83. The molecule has 0 radical (unpaired) electrons. The van der Waals surface area contributed by atoms with E-state index in [9.17, 15) is 23.2 Å². The van der Waals surface area contributed by atoms with E-state index >= 15 is 0 Å². The summed E-state index contributed by atoms with van der Waals surface area (Å²) < 4.78 is 36.9. The van der Waals surface area contributed by atoms with Crippen LogP contribution in [0.25, 0.3) is 11.0 Å². The number of benzene rings is 2. The normalized spacial score (nSPS) is 11.8. The summed E-state index contributed by atoms with van der Waals surface area (Å²) in [6.07, 6.45) is -0.430. The number of nitrogens with two attached hydrogens (primary N) is 1. The first-order valence-corrected chi connectivity index (χ1v) is 8.89. The van der Waals surface area contributed by atoms with E-state index in [1.807, 2.05) is 0 Å². The monoisotopic (exact) mass is 416 g/mol. The van der Waals surface area contributed by atoms with Crippen molar-refractivity contribution in [1.29, 1.82) is 0 Å². The average Bonchev–Trinajstić information content (AvgIpc) is 2.65. The number of primary amides is 1. The molecule has 0 aliphatic heterocycles. The Hall–Kier alpha value is -3.75. The lowest BCUT2D eigenvalue weighted by Gasteiger charge is -2.16. The van der Waals surface area contributed by atoms with Crippen molar-refractivity contribution in [3.63, 3.8) is 0 Å². The number of carbonyl (C=O) groups is 2. The fraction of sp³-hybridized carbons (Fsp3) is 0.190. The van der Waals surface area contributed by atoms with Crippen LogP contribution in [-0.2, 0) is 22.4 Å². The highest BCUT2D eigenvalue weighted by Gasteiger charge is 2.21. The Bertz CT molecular complexity index is 1160. The van der Waals surface area contributed by atoms with Crippen molar-refractivity contribution in [2.75, 3.05) is 7.11 Å². The Labute approximate surface area is 169 Å². The number of methoxy groups -OCH3 is 1. The molecule has 0 aliphatic carbocycles. The van der Waals surface area contributed by atoms with Crippen LogP contribution in [0, 0.1) is 11.6 Å². The quantitative estimate of drug-likeness (QED) is 0.571. The third-order valence-corrected chi connectivity index (χ3v) is 4.43. The van der Waals surface area contributed by atoms with Crippen molar-refractivity contribution in [3.05, 3.63) is 75.6 Å². The molecule has 1 atom stereocenters. The van der Waals surface area contributed by atoms with Crippen LogP contribution in [0.1, 0.15) is 11.1 Å². The molecule has 0 bridgehead atoms. The molecule has 1 aromatic heterocycles. The molecule has 3 aromatic rings. The highest BCUT2D eigenvalue weighted by molar-refractivity contribution is 5.89. The van der Waals surface area contributed by atoms with Crippen LogP contribution in [0.2, 0.25) is 0 Å². The topological polar surface area (TPSA) is 112 Å². The minimum Gasteiger partial charge on any atom is -0.497 e. The molecule has 3 rings (SSSR count). The molecule has 7 nitrogen and oxygen atoms in total. The van der Waals surface area contributed by atoms with Crippen LogP contribution in [0.4, 0.5) is 8.78 Å². The predicted molar refractivity (Wildman–Crippen MR) is 104 cm³/mol. The van der Waals surface area contributed by atoms with E-state index in [0.717, 1.165) is 12.1 Å². The van der Waals surface area contributed by atoms with Gasteiger partial charge in [-0.25, -0.2) is 13.6 Å². The number of halogens is 2. The van der Waals surface area contributed by atoms with Crippen molar-refractivity contribution in [2.45, 2.75) is 18.9 Å². The van der Waals surface area contributed by atoms with Gasteiger partial charge in [0.05, 0.1) is 13.5 Å². The first kappa shape index (κ1) is 21.0. The van der Waals surface area contributed by atoms with E-state index in [2.05, 4.69) is 5.32 Å². The molecule has 0 unspecified atom stereocenters. The highest BCUT2D eigenvalue weighted by Crippen LogP contribution is 2.23. The Morgan fingerprint density at radius 2 is 1.83 bits per heavy atom. The third kappa shape index (κ3) is 4.99. The van der Waals surface area contributed by atoms with E-state index in [-0.39, 0.29) is 24.0 Å². The fourth-order valence-electron chi connectivity index (χ4n) is 3.09. The lowest BCUT2D eigenvalue weighted by molar-refractivity contribution is -0.127. The van der Waals surface area contributed by atoms with Gasteiger partial charge >= 0.3 is 5.63 Å². The maximum Gasteiger partial charge on any atom is 0.336 e. The van der Waals surface area contributed by atoms with Crippen LogP contribution < -0.4 is 21.4 Å². The zero-order valence-corrected chi connectivity index (χ0v) is 15.9. The SMILES string of the molecule is COc1ccc2c(C[C@@H](NC(=O)Cc3cc(F)cc(F)c3)C(N)=O)cc(=O)oc2c1. The number of hydrogen-bond donors (Lipinski definition) is 2. The van der Waals surface area contributed by atoms with Gasteiger partial charge < -0.3 is 20.2 Å². The summed E-state index contributed by atoms with van der Waals surface area (Å²) in [5, 5.41) is 2.99. The second-order valence-electron chi connectivity index (χ2n) is 6.63. The molecule has 30 heavy (non-hydrogen) atoms. The highest BCUT2D eigenvalue weighted by atomic mass is 19.1. The van der Waals surface area contributed by atoms with Gasteiger partial charge in [-0.2, -0.15) is 0 Å². The summed E-state index contributed by atoms with van der Waals surface area (Å²) in [7, 11) is 1.46. The summed E-state index contributed by atoms with van der Waals surface area (Å²) in [5.74, 6) is -2.64. The van der Waals surface area contributed by atoms with E-state index in [1.54, 1.807) is 12.1 Å². The lowest BCUT2D eigenvalue weighted by atomic mass is 10.0. The van der Waals surface area contributed by atoms with E-state index in [0.29, 0.717) is 22.8 Å². The molecule has 156 valence electrons. The first-order valence-electron chi connectivity index (χ1n) is 8.89. The Morgan fingerprint density at radius 3 is 2.47 bits per heavy atom. The maximum absolute atomic E-state index is 13.3. The number of fused-ring (bicyclic) bond motifs is 1. The standard InChI is InChI=1S/C21H18F2N2O5/c1-29-15-2-3-16-12(8-20(27)30-18(16)10-15)7-17(21(24)28)25-19(26)6-11-4-13(22)9-14(23)5-11/h2-5,8-10,17H,6-7H2,1H3,(H2,24,28)(H,25,26)/t17-/m1/s1. The summed E-state index contributed by atoms with van der Waals surface area (Å²) in [4.78, 5) is 36.1. The molecule has 2 aromatic carbocycles. The van der Waals surface area contributed by atoms with Crippen molar-refractivity contribution >= 4 is 22.8 Å². The average molecular weight is 416 g/mol. The van der Waals surface area contributed by atoms with Crippen molar-refractivity contribution < 1.29 is 27.5 Å². The summed E-state index contributed by atoms with van der Waals surface area (Å²) in [6, 6.07) is 7.62. The Kier molecular flexibility index (Phi) is 6.10. The second kappa shape index (κ2) is 8.73. The van der Waals surface area contributed by atoms with Crippen LogP contribution in [0.15, 0.2) is 51.7 Å². The third-order valence-electron chi connectivity index (χ3n) is 4.43. The number of carbonyl (C=O) groups excluding carboxylic acids is 2. The number of amides is 2. The predicted octanol–water partition coefficient (Wildman–Crippen LogP) is 1.84. The maximum atomic E-state index is 13.3. The van der Waals surface area contributed by atoms with Gasteiger partial charge in [-0.05, 0) is 35.4 Å². The summed E-state index contributed by atoms with van der Waals surface area (Å²) in [6.45, 7) is 0. The molecule has 0 saturated carbocycles. The van der Waals surface area contributed by atoms with Gasteiger partial charge in [0.1, 0.15) is 29.0 Å². The fourth-order valence-corrected chi connectivity index (χ4v) is 3.09. The molecule has 0 spiro atoms. The van der Waals surface area contributed by atoms with Gasteiger partial charge in [-0.15, -0.1) is 0 Å². The van der Waals surface area contributed by atoms with E-state index < -0.39 is 35.1 Å². The summed E-state index contributed by atoms with van der Waals surface area (Å²) >= 11 is 0. The van der Waals surface area contributed by atoms with E-state index in [1.165, 1.54) is 19.2 Å². The summed E-state index contributed by atoms with van der Waals surface area (Å²) in [5.41, 5.74) is 5.55. The van der Waals surface area contributed by atoms with Crippen molar-refractivity contribution in [1.82, 2.24) is 5.32 Å². The van der Waals surface area contributed by atoms with Crippen LogP contribution in [-0.4, -0.2) is 25.0 Å².